The molecule has 16 aliphatic carbocycles. The number of aromatic amines is 2. The van der Waals surface area contributed by atoms with E-state index in [0.29, 0.717) is 27.6 Å². The molecule has 0 radical (unpaired) electrons. The maximum atomic E-state index is 4.81. The molecule has 3 aromatic carbocycles. The van der Waals surface area contributed by atoms with Crippen molar-refractivity contribution in [3.05, 3.63) is 121 Å². The highest BCUT2D eigenvalue weighted by molar-refractivity contribution is 9.11. The fraction of sp³-hybridized carbons (Fsp3) is 0.649. The van der Waals surface area contributed by atoms with Gasteiger partial charge in [0, 0.05) is 67.5 Å². The number of nitrogens with zero attached hydrogens (tertiary/aromatic N) is 1. The van der Waals surface area contributed by atoms with E-state index in [1.54, 1.807) is 0 Å². The van der Waals surface area contributed by atoms with Crippen molar-refractivity contribution in [2.24, 2.45) is 70.5 Å². The third kappa shape index (κ3) is 12.3. The third-order valence-electron chi connectivity index (χ3n) is 25.6. The Morgan fingerprint density at radius 2 is 0.966 bits per heavy atom. The van der Waals surface area contributed by atoms with Crippen molar-refractivity contribution in [2.75, 3.05) is 0 Å². The van der Waals surface area contributed by atoms with Crippen LogP contribution in [0.25, 0.3) is 32.0 Å². The zero-order chi connectivity index (χ0) is 58.7. The highest BCUT2D eigenvalue weighted by Gasteiger charge is 2.56. The van der Waals surface area contributed by atoms with Crippen LogP contribution in [-0.2, 0) is 39.0 Å². The van der Waals surface area contributed by atoms with Gasteiger partial charge in [0.05, 0.1) is 21.4 Å². The van der Waals surface area contributed by atoms with Crippen LogP contribution >= 0.6 is 38.6 Å². The van der Waals surface area contributed by atoms with Gasteiger partial charge in [0.25, 0.3) is 0 Å². The average Bonchev–Trinajstić information content (AvgIpc) is 1.74. The number of aromatic nitrogens is 3. The summed E-state index contributed by atoms with van der Waals surface area (Å²) >= 11 is 7.43. The first-order valence-electron chi connectivity index (χ1n) is 35.5. The third-order valence-corrected chi connectivity index (χ3v) is 28.3. The van der Waals surface area contributed by atoms with Crippen molar-refractivity contribution in [2.45, 2.75) is 243 Å². The lowest BCUT2D eigenvalue weighted by Gasteiger charge is -2.61. The minimum absolute atomic E-state index is 0.419. The van der Waals surface area contributed by atoms with E-state index in [0.717, 1.165) is 115 Å². The number of para-hydroxylation sites is 1. The summed E-state index contributed by atoms with van der Waals surface area (Å²) in [5.74, 6) is 12.2. The molecule has 464 valence electrons. The van der Waals surface area contributed by atoms with Crippen molar-refractivity contribution in [1.29, 1.82) is 0 Å². The lowest BCUT2D eigenvalue weighted by molar-refractivity contribution is -0.0726. The first kappa shape index (κ1) is 58.7. The lowest BCUT2D eigenvalue weighted by atomic mass is 9.47. The standard InChI is InChI=1S/C21H28N2.C21H27NS.C19H25N3.C16H22BrNS/c2*1-2-14-3-4-18-9-19(23-20(18)8-14)13-22-21-10-15-5-16(11-21)7-17(6-15)12-21;1-12-3-2-4-16-18(12)22-17(21-16)11-20-19-8-13-5-14(9-19)7-15(6-13)10-19;1-15-5-11-4-12(6-15)8-16(7-11,10-15)18-9-13-2-3-14(17)19-13/h3-4,8-9,15-17,22-23H,2,5-7,10-13H2,1H3;3-4,8-9,15-17,22H,2,5-7,10-13H2,1H3;2-4,13-15,20H,5-11H2,1H3,(H,21,22);2-3,11-12,18H,4-10H2,1H3. The fourth-order valence-corrected chi connectivity index (χ4v) is 26.2. The number of benzene rings is 3. The van der Waals surface area contributed by atoms with E-state index in [1.807, 2.05) is 22.7 Å². The Balaban J connectivity index is 0.0000000940. The van der Waals surface area contributed by atoms with Gasteiger partial charge in [-0.15, -0.1) is 22.7 Å². The highest BCUT2D eigenvalue weighted by atomic mass is 79.9. The summed E-state index contributed by atoms with van der Waals surface area (Å²) in [6.45, 7) is 13.2. The minimum Gasteiger partial charge on any atom is -0.357 e. The first-order valence-corrected chi connectivity index (χ1v) is 37.9. The Hall–Kier alpha value is -3.35. The quantitative estimate of drug-likeness (QED) is 0.0653. The monoisotopic (exact) mass is 1270 g/mol. The van der Waals surface area contributed by atoms with E-state index in [2.05, 4.69) is 154 Å². The van der Waals surface area contributed by atoms with Crippen LogP contribution < -0.4 is 21.3 Å². The topological polar surface area (TPSA) is 92.6 Å². The molecule has 7 nitrogen and oxygen atoms in total. The summed E-state index contributed by atoms with van der Waals surface area (Å²) in [6, 6.07) is 29.3. The molecular weight excluding hydrogens is 1170 g/mol. The van der Waals surface area contributed by atoms with E-state index in [1.165, 1.54) is 217 Å². The van der Waals surface area contributed by atoms with Crippen molar-refractivity contribution in [3.8, 4) is 0 Å². The molecule has 23 rings (SSSR count). The largest absolute Gasteiger partial charge is 0.357 e. The number of fused-ring (bicyclic) bond motifs is 3. The second kappa shape index (κ2) is 23.3. The molecule has 0 saturated heterocycles. The number of hydrogen-bond donors (Lipinski definition) is 6. The normalized spacial score (nSPS) is 37.4. The molecule has 2 unspecified atom stereocenters. The van der Waals surface area contributed by atoms with Crippen molar-refractivity contribution < 1.29 is 0 Å². The van der Waals surface area contributed by atoms with Gasteiger partial charge in [0.1, 0.15) is 5.82 Å². The number of aryl methyl sites for hydroxylation is 3. The summed E-state index contributed by atoms with van der Waals surface area (Å²) in [5, 5.41) is 18.7. The van der Waals surface area contributed by atoms with Crippen LogP contribution in [0.3, 0.4) is 0 Å². The van der Waals surface area contributed by atoms with Crippen LogP contribution in [0.2, 0.25) is 0 Å². The Bertz CT molecular complexity index is 3350. The molecule has 87 heavy (non-hydrogen) atoms. The Kier molecular flexibility index (Phi) is 15.8. The van der Waals surface area contributed by atoms with Crippen molar-refractivity contribution >= 4 is 70.6 Å². The number of rotatable bonds is 14. The van der Waals surface area contributed by atoms with Crippen LogP contribution in [0.4, 0.5) is 0 Å². The van der Waals surface area contributed by atoms with Gasteiger partial charge in [0.2, 0.25) is 0 Å². The minimum atomic E-state index is 0.419. The lowest BCUT2D eigenvalue weighted by Crippen LogP contribution is -2.61. The number of halogens is 1. The molecular formula is C77H102BrN7S2. The van der Waals surface area contributed by atoms with E-state index in [4.69, 9.17) is 4.98 Å². The maximum Gasteiger partial charge on any atom is 0.121 e. The van der Waals surface area contributed by atoms with Crippen LogP contribution in [0, 0.1) is 77.4 Å². The fourth-order valence-electron chi connectivity index (χ4n) is 23.8. The van der Waals surface area contributed by atoms with Crippen LogP contribution in [0.1, 0.15) is 213 Å². The first-order chi connectivity index (χ1) is 42.2. The predicted octanol–water partition coefficient (Wildman–Crippen LogP) is 19.2. The summed E-state index contributed by atoms with van der Waals surface area (Å²) < 4.78 is 2.72. The molecule has 4 heterocycles. The van der Waals surface area contributed by atoms with Gasteiger partial charge in [-0.3, -0.25) is 0 Å². The number of imidazole rings is 1. The summed E-state index contributed by atoms with van der Waals surface area (Å²) in [7, 11) is 0. The molecule has 4 aromatic heterocycles. The SMILES string of the molecule is CC12CC3CC(C1)CC(NCc1ccc(Br)s1)(C3)C2.CCc1ccc2cc(CNC34CC5CC(CC(C5)C3)C4)[nH]c2c1.CCc1ccc2cc(CNC34CC5CC(CC(C5)C3)C4)sc2c1.Cc1cccc2[nH]c(CNC34CC5CC(CC(C5)C3)C4)nc12. The molecule has 0 amide bonds. The summed E-state index contributed by atoms with van der Waals surface area (Å²) in [6.07, 6.45) is 37.5. The number of hydrogen-bond acceptors (Lipinski definition) is 7. The number of H-pyrrole nitrogens is 2. The number of nitrogens with one attached hydrogen (secondary N) is 6. The molecule has 16 fully saturated rings. The number of thiophene rings is 2. The van der Waals surface area contributed by atoms with Gasteiger partial charge >= 0.3 is 0 Å². The Morgan fingerprint density at radius 3 is 1.49 bits per heavy atom. The molecule has 7 aromatic rings. The zero-order valence-corrected chi connectivity index (χ0v) is 56.4. The van der Waals surface area contributed by atoms with Gasteiger partial charge in [-0.25, -0.2) is 4.98 Å². The second-order valence-electron chi connectivity index (χ2n) is 32.9. The van der Waals surface area contributed by atoms with Gasteiger partial charge in [-0.2, -0.15) is 0 Å². The highest BCUT2D eigenvalue weighted by Crippen LogP contribution is 2.62. The van der Waals surface area contributed by atoms with E-state index in [9.17, 15) is 0 Å². The molecule has 0 aliphatic heterocycles. The van der Waals surface area contributed by atoms with Crippen LogP contribution in [0.15, 0.2) is 82.6 Å². The molecule has 10 heteroatoms. The summed E-state index contributed by atoms with van der Waals surface area (Å²) in [5.41, 5.74) is 11.6. The smallest absolute Gasteiger partial charge is 0.121 e. The molecule has 16 bridgehead atoms. The predicted molar refractivity (Wildman–Crippen MR) is 367 cm³/mol. The summed E-state index contributed by atoms with van der Waals surface area (Å²) in [4.78, 5) is 14.9. The maximum absolute atomic E-state index is 4.81. The Labute approximate surface area is 537 Å². The van der Waals surface area contributed by atoms with Crippen molar-refractivity contribution in [3.63, 3.8) is 0 Å². The Morgan fingerprint density at radius 1 is 0.471 bits per heavy atom. The van der Waals surface area contributed by atoms with Gasteiger partial charge in [-0.05, 0) is 330 Å². The van der Waals surface area contributed by atoms with E-state index >= 15 is 0 Å². The molecule has 16 aliphatic rings. The van der Waals surface area contributed by atoms with E-state index < -0.39 is 0 Å². The zero-order valence-electron chi connectivity index (χ0n) is 53.2. The van der Waals surface area contributed by atoms with Gasteiger partial charge in [0.15, 0.2) is 0 Å². The molecule has 0 spiro atoms. The second-order valence-corrected chi connectivity index (χ2v) is 36.6. The molecule has 6 N–H and O–H groups in total. The molecule has 16 saturated carbocycles. The van der Waals surface area contributed by atoms with Crippen LogP contribution in [0.5, 0.6) is 0 Å². The van der Waals surface area contributed by atoms with Crippen molar-refractivity contribution in [1.82, 2.24) is 36.2 Å². The van der Waals surface area contributed by atoms with Crippen LogP contribution in [-0.4, -0.2) is 37.1 Å². The average molecular weight is 1270 g/mol. The van der Waals surface area contributed by atoms with Gasteiger partial charge < -0.3 is 31.2 Å². The van der Waals surface area contributed by atoms with Gasteiger partial charge in [-0.1, -0.05) is 57.2 Å². The van der Waals surface area contributed by atoms with E-state index in [-0.39, 0.29) is 0 Å². The molecule has 2 atom stereocenters.